The molecule has 0 aromatic carbocycles. The zero-order valence-electron chi connectivity index (χ0n) is 6.44. The summed E-state index contributed by atoms with van der Waals surface area (Å²) in [5.41, 5.74) is 5.49. The van der Waals surface area contributed by atoms with Gasteiger partial charge in [-0.05, 0) is 14.0 Å². The SMILES string of the molecule is CCOC(=O)CCNNC. The van der Waals surface area contributed by atoms with E-state index in [1.54, 1.807) is 14.0 Å². The fourth-order valence-corrected chi connectivity index (χ4v) is 0.523. The quantitative estimate of drug-likeness (QED) is 0.316. The zero-order valence-corrected chi connectivity index (χ0v) is 6.44. The summed E-state index contributed by atoms with van der Waals surface area (Å²) < 4.78 is 4.68. The van der Waals surface area contributed by atoms with E-state index >= 15 is 0 Å². The van der Waals surface area contributed by atoms with Gasteiger partial charge in [-0.3, -0.25) is 15.6 Å². The Labute approximate surface area is 60.9 Å². The molecule has 0 radical (unpaired) electrons. The molecule has 4 nitrogen and oxygen atoms in total. The van der Waals surface area contributed by atoms with Crippen LogP contribution in [-0.2, 0) is 9.53 Å². The van der Waals surface area contributed by atoms with Crippen LogP contribution in [0.2, 0.25) is 0 Å². The lowest BCUT2D eigenvalue weighted by Crippen LogP contribution is -2.30. The molecule has 0 saturated carbocycles. The monoisotopic (exact) mass is 146 g/mol. The summed E-state index contributed by atoms with van der Waals surface area (Å²) in [5, 5.41) is 0. The van der Waals surface area contributed by atoms with Gasteiger partial charge in [0.25, 0.3) is 0 Å². The summed E-state index contributed by atoms with van der Waals surface area (Å²) in [4.78, 5) is 10.6. The molecule has 0 spiro atoms. The number of hydrazine groups is 1. The minimum atomic E-state index is -0.162. The zero-order chi connectivity index (χ0) is 7.82. The summed E-state index contributed by atoms with van der Waals surface area (Å²) in [7, 11) is 1.76. The topological polar surface area (TPSA) is 50.4 Å². The van der Waals surface area contributed by atoms with Crippen LogP contribution in [0.3, 0.4) is 0 Å². The Hall–Kier alpha value is -0.610. The lowest BCUT2D eigenvalue weighted by molar-refractivity contribution is -0.143. The summed E-state index contributed by atoms with van der Waals surface area (Å²) in [6.45, 7) is 2.86. The Morgan fingerprint density at radius 1 is 1.60 bits per heavy atom. The number of rotatable bonds is 5. The normalized spacial score (nSPS) is 9.40. The van der Waals surface area contributed by atoms with Crippen LogP contribution in [0.15, 0.2) is 0 Å². The highest BCUT2D eigenvalue weighted by molar-refractivity contribution is 5.69. The molecule has 0 aliphatic carbocycles. The predicted octanol–water partition coefficient (Wildman–Crippen LogP) is -0.336. The van der Waals surface area contributed by atoms with Crippen molar-refractivity contribution in [2.75, 3.05) is 20.2 Å². The molecule has 0 rings (SSSR count). The largest absolute Gasteiger partial charge is 0.466 e. The molecular weight excluding hydrogens is 132 g/mol. The van der Waals surface area contributed by atoms with E-state index in [4.69, 9.17) is 0 Å². The first-order valence-electron chi connectivity index (χ1n) is 3.36. The molecule has 0 aromatic heterocycles. The fourth-order valence-electron chi connectivity index (χ4n) is 0.523. The van der Waals surface area contributed by atoms with Crippen LogP contribution in [0.25, 0.3) is 0 Å². The Kier molecular flexibility index (Phi) is 6.11. The summed E-state index contributed by atoms with van der Waals surface area (Å²) >= 11 is 0. The molecule has 0 aromatic rings. The molecule has 0 atom stereocenters. The fraction of sp³-hybridized carbons (Fsp3) is 0.833. The van der Waals surface area contributed by atoms with Crippen LogP contribution in [0.1, 0.15) is 13.3 Å². The van der Waals surface area contributed by atoms with Crippen molar-refractivity contribution in [3.63, 3.8) is 0 Å². The number of carbonyl (C=O) groups excluding carboxylic acids is 1. The molecule has 10 heavy (non-hydrogen) atoms. The summed E-state index contributed by atoms with van der Waals surface area (Å²) in [6, 6.07) is 0. The lowest BCUT2D eigenvalue weighted by atomic mass is 10.4. The van der Waals surface area contributed by atoms with Gasteiger partial charge in [0.1, 0.15) is 0 Å². The second-order valence-corrected chi connectivity index (χ2v) is 1.73. The van der Waals surface area contributed by atoms with Crippen molar-refractivity contribution in [1.82, 2.24) is 10.9 Å². The molecule has 0 aliphatic rings. The molecule has 0 amide bonds. The standard InChI is InChI=1S/C6H14N2O2/c1-3-10-6(9)4-5-8-7-2/h7-8H,3-5H2,1-2H3. The van der Waals surface area contributed by atoms with Gasteiger partial charge in [-0.2, -0.15) is 0 Å². The Bertz CT molecular complexity index is 95.7. The van der Waals surface area contributed by atoms with Gasteiger partial charge >= 0.3 is 5.97 Å². The molecule has 0 unspecified atom stereocenters. The first-order valence-corrected chi connectivity index (χ1v) is 3.36. The Morgan fingerprint density at radius 3 is 2.80 bits per heavy atom. The van der Waals surface area contributed by atoms with Crippen molar-refractivity contribution in [2.24, 2.45) is 0 Å². The van der Waals surface area contributed by atoms with Crippen LogP contribution in [0.5, 0.6) is 0 Å². The van der Waals surface area contributed by atoms with Crippen molar-refractivity contribution >= 4 is 5.97 Å². The summed E-state index contributed by atoms with van der Waals surface area (Å²) in [5.74, 6) is -0.162. The van der Waals surface area contributed by atoms with E-state index < -0.39 is 0 Å². The maximum atomic E-state index is 10.6. The molecular formula is C6H14N2O2. The molecule has 0 aliphatic heterocycles. The van der Waals surface area contributed by atoms with Gasteiger partial charge < -0.3 is 4.74 Å². The first-order chi connectivity index (χ1) is 4.81. The minimum absolute atomic E-state index is 0.162. The van der Waals surface area contributed by atoms with Crippen molar-refractivity contribution in [1.29, 1.82) is 0 Å². The van der Waals surface area contributed by atoms with Crippen LogP contribution in [0, 0.1) is 0 Å². The highest BCUT2D eigenvalue weighted by Crippen LogP contribution is 1.82. The predicted molar refractivity (Wildman–Crippen MR) is 38.3 cm³/mol. The molecule has 4 heteroatoms. The van der Waals surface area contributed by atoms with Crippen LogP contribution < -0.4 is 10.9 Å². The Morgan fingerprint density at radius 2 is 2.30 bits per heavy atom. The van der Waals surface area contributed by atoms with E-state index in [0.29, 0.717) is 19.6 Å². The number of hydrogen-bond donors (Lipinski definition) is 2. The van der Waals surface area contributed by atoms with E-state index in [9.17, 15) is 4.79 Å². The second kappa shape index (κ2) is 6.51. The minimum Gasteiger partial charge on any atom is -0.466 e. The van der Waals surface area contributed by atoms with E-state index in [1.807, 2.05) is 0 Å². The first kappa shape index (κ1) is 9.39. The maximum absolute atomic E-state index is 10.6. The third kappa shape index (κ3) is 5.53. The number of ether oxygens (including phenoxy) is 1. The van der Waals surface area contributed by atoms with Crippen LogP contribution in [0.4, 0.5) is 0 Å². The summed E-state index contributed by atoms with van der Waals surface area (Å²) in [6.07, 6.45) is 0.411. The van der Waals surface area contributed by atoms with E-state index in [1.165, 1.54) is 0 Å². The van der Waals surface area contributed by atoms with Gasteiger partial charge in [0.15, 0.2) is 0 Å². The van der Waals surface area contributed by atoms with Crippen LogP contribution in [-0.4, -0.2) is 26.2 Å². The molecule has 0 bridgehead atoms. The molecule has 0 saturated heterocycles. The van der Waals surface area contributed by atoms with Crippen molar-refractivity contribution < 1.29 is 9.53 Å². The average molecular weight is 146 g/mol. The molecule has 0 fully saturated rings. The van der Waals surface area contributed by atoms with Crippen molar-refractivity contribution in [2.45, 2.75) is 13.3 Å². The average Bonchev–Trinajstić information content (AvgIpc) is 1.89. The van der Waals surface area contributed by atoms with Crippen LogP contribution >= 0.6 is 0 Å². The number of hydrogen-bond acceptors (Lipinski definition) is 4. The number of esters is 1. The number of carbonyl (C=O) groups is 1. The third-order valence-electron chi connectivity index (χ3n) is 0.936. The van der Waals surface area contributed by atoms with Gasteiger partial charge in [-0.15, -0.1) is 0 Å². The van der Waals surface area contributed by atoms with Gasteiger partial charge in [0.2, 0.25) is 0 Å². The van der Waals surface area contributed by atoms with E-state index in [0.717, 1.165) is 0 Å². The van der Waals surface area contributed by atoms with Gasteiger partial charge in [0.05, 0.1) is 13.0 Å². The maximum Gasteiger partial charge on any atom is 0.307 e. The van der Waals surface area contributed by atoms with E-state index in [2.05, 4.69) is 15.6 Å². The molecule has 60 valence electrons. The number of nitrogens with one attached hydrogen (secondary N) is 2. The van der Waals surface area contributed by atoms with Gasteiger partial charge in [0, 0.05) is 6.54 Å². The van der Waals surface area contributed by atoms with Gasteiger partial charge in [-0.1, -0.05) is 0 Å². The second-order valence-electron chi connectivity index (χ2n) is 1.73. The third-order valence-corrected chi connectivity index (χ3v) is 0.936. The lowest BCUT2D eigenvalue weighted by Gasteiger charge is -2.01. The van der Waals surface area contributed by atoms with Crippen molar-refractivity contribution in [3.05, 3.63) is 0 Å². The van der Waals surface area contributed by atoms with Crippen molar-refractivity contribution in [3.8, 4) is 0 Å². The van der Waals surface area contributed by atoms with E-state index in [-0.39, 0.29) is 5.97 Å². The highest BCUT2D eigenvalue weighted by atomic mass is 16.5. The van der Waals surface area contributed by atoms with Gasteiger partial charge in [-0.25, -0.2) is 0 Å². The molecule has 0 heterocycles. The Balaban J connectivity index is 3.05. The highest BCUT2D eigenvalue weighted by Gasteiger charge is 1.98. The molecule has 2 N–H and O–H groups in total. The smallest absolute Gasteiger partial charge is 0.307 e.